The SMILES string of the molecule is CCCC(C)(COC(N)=O)COC(=O)NC1OC(C(=O)[O-])C(O)C(O)C1O.[Na+]. The molecule has 1 aliphatic rings. The minimum atomic E-state index is -1.96. The molecule has 1 rings (SSSR count). The van der Waals surface area contributed by atoms with E-state index in [1.807, 2.05) is 6.92 Å². The van der Waals surface area contributed by atoms with Crippen LogP contribution in [0.15, 0.2) is 0 Å². The number of amides is 2. The number of aliphatic carboxylic acids is 1. The number of hydrogen-bond donors (Lipinski definition) is 5. The third kappa shape index (κ3) is 7.70. The molecule has 1 saturated heterocycles. The summed E-state index contributed by atoms with van der Waals surface area (Å²) in [6.07, 6.45) is -10.1. The number of carbonyl (C=O) groups excluding carboxylic acids is 3. The molecule has 28 heavy (non-hydrogen) atoms. The molecule has 0 bridgehead atoms. The van der Waals surface area contributed by atoms with Crippen LogP contribution in [-0.4, -0.2) is 77.3 Å². The smallest absolute Gasteiger partial charge is 0.547 e. The molecule has 0 aromatic rings. The van der Waals surface area contributed by atoms with E-state index in [0.29, 0.717) is 12.8 Å². The fourth-order valence-corrected chi connectivity index (χ4v) is 2.63. The van der Waals surface area contributed by atoms with Gasteiger partial charge in [-0.05, 0) is 6.42 Å². The van der Waals surface area contributed by atoms with Gasteiger partial charge in [-0.15, -0.1) is 0 Å². The van der Waals surface area contributed by atoms with Crippen LogP contribution in [0.4, 0.5) is 9.59 Å². The summed E-state index contributed by atoms with van der Waals surface area (Å²) >= 11 is 0. The van der Waals surface area contributed by atoms with Crippen molar-refractivity contribution in [2.75, 3.05) is 13.2 Å². The van der Waals surface area contributed by atoms with Gasteiger partial charge in [-0.25, -0.2) is 9.59 Å². The average Bonchev–Trinajstić information content (AvgIpc) is 2.59. The molecule has 13 heteroatoms. The summed E-state index contributed by atoms with van der Waals surface area (Å²) in [5, 5.41) is 42.0. The van der Waals surface area contributed by atoms with Crippen LogP contribution in [0.2, 0.25) is 0 Å². The number of ether oxygens (including phenoxy) is 3. The zero-order valence-corrected chi connectivity index (χ0v) is 18.0. The van der Waals surface area contributed by atoms with Gasteiger partial charge in [0.15, 0.2) is 6.23 Å². The maximum absolute atomic E-state index is 11.9. The monoisotopic (exact) mass is 416 g/mol. The Labute approximate surface area is 183 Å². The number of aliphatic hydroxyl groups is 3. The zero-order chi connectivity index (χ0) is 20.8. The molecular weight excluding hydrogens is 391 g/mol. The summed E-state index contributed by atoms with van der Waals surface area (Å²) < 4.78 is 14.6. The fourth-order valence-electron chi connectivity index (χ4n) is 2.63. The summed E-state index contributed by atoms with van der Waals surface area (Å²) in [5.74, 6) is -1.83. The molecule has 0 saturated carbocycles. The maximum atomic E-state index is 11.9. The van der Waals surface area contributed by atoms with Gasteiger partial charge >= 0.3 is 41.7 Å². The van der Waals surface area contributed by atoms with Gasteiger partial charge < -0.3 is 45.2 Å². The zero-order valence-electron chi connectivity index (χ0n) is 16.0. The van der Waals surface area contributed by atoms with Crippen LogP contribution in [0.5, 0.6) is 0 Å². The number of primary amides is 1. The quantitative estimate of drug-likeness (QED) is 0.237. The predicted molar refractivity (Wildman–Crippen MR) is 84.7 cm³/mol. The van der Waals surface area contributed by atoms with Crippen molar-refractivity contribution in [3.8, 4) is 0 Å². The number of nitrogens with two attached hydrogens (primary N) is 1. The van der Waals surface area contributed by atoms with Crippen molar-refractivity contribution in [3.05, 3.63) is 0 Å². The first-order chi connectivity index (χ1) is 12.5. The maximum Gasteiger partial charge on any atom is 1.00 e. The number of rotatable bonds is 8. The van der Waals surface area contributed by atoms with E-state index in [1.54, 1.807) is 6.92 Å². The summed E-state index contributed by atoms with van der Waals surface area (Å²) in [7, 11) is 0. The van der Waals surface area contributed by atoms with E-state index in [2.05, 4.69) is 5.32 Å². The van der Waals surface area contributed by atoms with Crippen molar-refractivity contribution in [3.63, 3.8) is 0 Å². The van der Waals surface area contributed by atoms with Crippen LogP contribution in [0.1, 0.15) is 26.7 Å². The van der Waals surface area contributed by atoms with E-state index in [9.17, 15) is 34.8 Å². The molecule has 0 aromatic heterocycles. The van der Waals surface area contributed by atoms with Crippen molar-refractivity contribution in [1.29, 1.82) is 0 Å². The summed E-state index contributed by atoms with van der Waals surface area (Å²) in [6, 6.07) is 0. The predicted octanol–water partition coefficient (Wildman–Crippen LogP) is -5.82. The molecule has 6 unspecified atom stereocenters. The molecule has 1 heterocycles. The summed E-state index contributed by atoms with van der Waals surface area (Å²) in [4.78, 5) is 33.6. The molecule has 2 amide bonds. The molecule has 156 valence electrons. The molecule has 0 aliphatic carbocycles. The summed E-state index contributed by atoms with van der Waals surface area (Å²) in [5.41, 5.74) is 4.20. The minimum Gasteiger partial charge on any atom is -0.547 e. The molecule has 1 aliphatic heterocycles. The molecule has 6 atom stereocenters. The first kappa shape index (κ1) is 26.9. The largest absolute Gasteiger partial charge is 1.00 e. The second-order valence-electron chi connectivity index (χ2n) is 6.66. The van der Waals surface area contributed by atoms with Gasteiger partial charge in [0.1, 0.15) is 37.6 Å². The van der Waals surface area contributed by atoms with Crippen LogP contribution in [0.3, 0.4) is 0 Å². The van der Waals surface area contributed by atoms with Gasteiger partial charge in [0, 0.05) is 5.41 Å². The Balaban J connectivity index is 0.00000729. The van der Waals surface area contributed by atoms with Gasteiger partial charge in [-0.3, -0.25) is 5.32 Å². The number of carbonyl (C=O) groups is 3. The number of carboxylic acids is 1. The van der Waals surface area contributed by atoms with E-state index in [4.69, 9.17) is 19.9 Å². The third-order valence-electron chi connectivity index (χ3n) is 4.07. The van der Waals surface area contributed by atoms with Gasteiger partial charge in [0.05, 0.1) is 5.97 Å². The van der Waals surface area contributed by atoms with Crippen LogP contribution in [0.25, 0.3) is 0 Å². The second-order valence-corrected chi connectivity index (χ2v) is 6.66. The summed E-state index contributed by atoms with van der Waals surface area (Å²) in [6.45, 7) is 3.30. The van der Waals surface area contributed by atoms with E-state index < -0.39 is 54.2 Å². The van der Waals surface area contributed by atoms with Crippen LogP contribution in [-0.2, 0) is 19.0 Å². The fraction of sp³-hybridized carbons (Fsp3) is 0.800. The Bertz CT molecular complexity index is 551. The van der Waals surface area contributed by atoms with Crippen LogP contribution < -0.4 is 45.7 Å². The van der Waals surface area contributed by atoms with E-state index in [-0.39, 0.29) is 42.8 Å². The Morgan fingerprint density at radius 2 is 1.71 bits per heavy atom. The Hall–Kier alpha value is -1.15. The van der Waals surface area contributed by atoms with Gasteiger partial charge in [0.25, 0.3) is 0 Å². The minimum absolute atomic E-state index is 0. The van der Waals surface area contributed by atoms with Crippen molar-refractivity contribution in [2.24, 2.45) is 11.1 Å². The standard InChI is InChI=1S/C15H26N2O10.Na/c1-3-4-15(2,5-25-13(16)23)6-26-14(24)17-11-9(20)7(18)8(19)10(27-11)12(21)22;/h7-11,18-20H,3-6H2,1-2H3,(H2,16,23)(H,17,24)(H,21,22);/q;+1/p-1. The first-order valence-corrected chi connectivity index (χ1v) is 8.27. The molecular formula is C15H25N2NaO10. The Morgan fingerprint density at radius 1 is 1.14 bits per heavy atom. The van der Waals surface area contributed by atoms with Crippen LogP contribution in [0, 0.1) is 5.41 Å². The molecule has 12 nitrogen and oxygen atoms in total. The van der Waals surface area contributed by atoms with Crippen LogP contribution >= 0.6 is 0 Å². The molecule has 0 spiro atoms. The van der Waals surface area contributed by atoms with Crippen molar-refractivity contribution >= 4 is 18.2 Å². The van der Waals surface area contributed by atoms with Crippen molar-refractivity contribution in [2.45, 2.75) is 57.3 Å². The molecule has 1 fully saturated rings. The molecule has 0 radical (unpaired) electrons. The topological polar surface area (TPSA) is 201 Å². The first-order valence-electron chi connectivity index (χ1n) is 8.27. The Morgan fingerprint density at radius 3 is 2.21 bits per heavy atom. The van der Waals surface area contributed by atoms with E-state index >= 15 is 0 Å². The van der Waals surface area contributed by atoms with Crippen molar-refractivity contribution in [1.82, 2.24) is 5.32 Å². The van der Waals surface area contributed by atoms with Gasteiger partial charge in [-0.2, -0.15) is 0 Å². The molecule has 0 aromatic carbocycles. The number of nitrogens with one attached hydrogen (secondary N) is 1. The average molecular weight is 416 g/mol. The van der Waals surface area contributed by atoms with Gasteiger partial charge in [-0.1, -0.05) is 20.3 Å². The number of carboxylic acid groups (broad SMARTS) is 1. The van der Waals surface area contributed by atoms with Gasteiger partial charge in [0.2, 0.25) is 0 Å². The number of hydrogen-bond acceptors (Lipinski definition) is 10. The van der Waals surface area contributed by atoms with Crippen molar-refractivity contribution < 1.29 is 78.6 Å². The number of alkyl carbamates (subject to hydrolysis) is 1. The third-order valence-corrected chi connectivity index (χ3v) is 4.07. The van der Waals surface area contributed by atoms with E-state index in [0.717, 1.165) is 0 Å². The second kappa shape index (κ2) is 11.8. The normalized spacial score (nSPS) is 29.0. The number of aliphatic hydroxyl groups excluding tert-OH is 3. The molecule has 6 N–H and O–H groups in total. The van der Waals surface area contributed by atoms with E-state index in [1.165, 1.54) is 0 Å². The Kier molecular flexibility index (Phi) is 11.3.